The molecule has 3 aromatic heterocycles. The first kappa shape index (κ1) is 31.3. The molecular weight excluding hydrogens is 579 g/mol. The minimum absolute atomic E-state index is 0.0530. The Morgan fingerprint density at radius 2 is 1.51 bits per heavy atom. The summed E-state index contributed by atoms with van der Waals surface area (Å²) < 4.78 is 67.2. The molecule has 3 N–H and O–H groups in total. The smallest absolute Gasteiger partial charge is 0.345 e. The van der Waals surface area contributed by atoms with Crippen LogP contribution in [0.25, 0.3) is 0 Å². The molecule has 4 heterocycles. The van der Waals surface area contributed by atoms with E-state index >= 15 is 0 Å². The van der Waals surface area contributed by atoms with E-state index in [0.717, 1.165) is 25.3 Å². The lowest BCUT2D eigenvalue weighted by atomic mass is 10.1. The quantitative estimate of drug-likeness (QED) is 0.210. The number of nitrogens with zero attached hydrogens (tertiary/aromatic N) is 7. The number of hydrazine groups is 2. The number of pyridine rings is 2. The van der Waals surface area contributed by atoms with Crippen molar-refractivity contribution in [1.29, 1.82) is 0 Å². The molecule has 0 radical (unpaired) electrons. The van der Waals surface area contributed by atoms with E-state index in [2.05, 4.69) is 36.4 Å². The van der Waals surface area contributed by atoms with E-state index in [1.807, 2.05) is 0 Å². The summed E-state index contributed by atoms with van der Waals surface area (Å²) in [6.45, 7) is 1.53. The molecule has 230 valence electrons. The summed E-state index contributed by atoms with van der Waals surface area (Å²) in [4.78, 5) is 32.9. The Kier molecular flexibility index (Phi) is 9.53. The molecule has 0 aliphatic carbocycles. The number of halogens is 5. The fraction of sp³-hybridized carbons (Fsp3) is 0.385. The van der Waals surface area contributed by atoms with E-state index < -0.39 is 29.5 Å². The number of rotatable bonds is 12. The number of hydrogen-bond donors (Lipinski definition) is 3. The normalized spacial score (nSPS) is 13.7. The Morgan fingerprint density at radius 3 is 2.16 bits per heavy atom. The number of nitrogens with one attached hydrogen (secondary N) is 3. The minimum Gasteiger partial charge on any atom is -0.345 e. The summed E-state index contributed by atoms with van der Waals surface area (Å²) in [5, 5.41) is 16.1. The topological polar surface area (TPSA) is 133 Å². The van der Waals surface area contributed by atoms with Gasteiger partial charge in [-0.25, -0.2) is 8.78 Å². The Bertz CT molecular complexity index is 1470. The van der Waals surface area contributed by atoms with E-state index in [4.69, 9.17) is 0 Å². The van der Waals surface area contributed by atoms with Crippen molar-refractivity contribution in [3.63, 3.8) is 0 Å². The van der Waals surface area contributed by atoms with Gasteiger partial charge in [-0.15, -0.1) is 10.6 Å². The maximum Gasteiger partial charge on any atom is 0.416 e. The van der Waals surface area contributed by atoms with Crippen LogP contribution in [-0.4, -0.2) is 60.4 Å². The van der Waals surface area contributed by atoms with E-state index in [1.165, 1.54) is 34.2 Å². The van der Waals surface area contributed by atoms with Gasteiger partial charge in [0.05, 0.1) is 36.2 Å². The highest BCUT2D eigenvalue weighted by molar-refractivity contribution is 5.92. The molecule has 3 aromatic rings. The highest BCUT2D eigenvalue weighted by Crippen LogP contribution is 2.29. The summed E-state index contributed by atoms with van der Waals surface area (Å²) in [6.07, 6.45) is 2.19. The number of hydrogen-bond acceptors (Lipinski definition) is 9. The van der Waals surface area contributed by atoms with Crippen LogP contribution in [0.4, 0.5) is 22.0 Å². The predicted octanol–water partition coefficient (Wildman–Crippen LogP) is 2.73. The van der Waals surface area contributed by atoms with Crippen LogP contribution in [0.3, 0.4) is 0 Å². The van der Waals surface area contributed by atoms with Crippen LogP contribution < -0.4 is 16.2 Å². The minimum atomic E-state index is -4.50. The van der Waals surface area contributed by atoms with Crippen LogP contribution in [0.2, 0.25) is 0 Å². The number of aromatic nitrogens is 5. The Labute approximate surface area is 242 Å². The van der Waals surface area contributed by atoms with Crippen LogP contribution in [0, 0.1) is 0 Å². The maximum absolute atomic E-state index is 13.5. The number of alkyl halides is 5. The molecule has 0 saturated heterocycles. The van der Waals surface area contributed by atoms with E-state index in [-0.39, 0.29) is 41.4 Å². The molecule has 0 saturated carbocycles. The van der Waals surface area contributed by atoms with E-state index in [0.29, 0.717) is 25.9 Å². The first-order valence-electron chi connectivity index (χ1n) is 13.1. The van der Waals surface area contributed by atoms with Crippen molar-refractivity contribution >= 4 is 11.8 Å². The van der Waals surface area contributed by atoms with Crippen molar-refractivity contribution < 1.29 is 31.5 Å². The fourth-order valence-electron chi connectivity index (χ4n) is 4.02. The average molecular weight is 609 g/mol. The molecular formula is C26H29F5N10O2. The van der Waals surface area contributed by atoms with Crippen molar-refractivity contribution in [2.45, 2.75) is 51.5 Å². The van der Waals surface area contributed by atoms with Crippen molar-refractivity contribution in [2.75, 3.05) is 13.6 Å². The lowest BCUT2D eigenvalue weighted by molar-refractivity contribution is -0.137. The second kappa shape index (κ2) is 13.1. The van der Waals surface area contributed by atoms with Gasteiger partial charge in [0, 0.05) is 51.2 Å². The van der Waals surface area contributed by atoms with Crippen LogP contribution in [0.1, 0.15) is 52.8 Å². The summed E-state index contributed by atoms with van der Waals surface area (Å²) >= 11 is 0. The van der Waals surface area contributed by atoms with Gasteiger partial charge in [-0.2, -0.15) is 13.2 Å². The molecule has 1 aliphatic heterocycles. The van der Waals surface area contributed by atoms with Crippen LogP contribution in [0.5, 0.6) is 0 Å². The molecule has 12 nitrogen and oxygen atoms in total. The van der Waals surface area contributed by atoms with Crippen molar-refractivity contribution in [1.82, 2.24) is 51.1 Å². The second-order valence-corrected chi connectivity index (χ2v) is 9.76. The molecule has 0 unspecified atom stereocenters. The zero-order chi connectivity index (χ0) is 31.2. The number of unbranched alkanes of at least 4 members (excludes halogenated alkanes) is 1. The Balaban J connectivity index is 1.19. The zero-order valence-electron chi connectivity index (χ0n) is 23.2. The third-order valence-corrected chi connectivity index (χ3v) is 6.29. The lowest BCUT2D eigenvalue weighted by Crippen LogP contribution is -2.40. The Hall–Kier alpha value is -4.67. The molecule has 17 heteroatoms. The van der Waals surface area contributed by atoms with Gasteiger partial charge in [0.1, 0.15) is 5.70 Å². The second-order valence-electron chi connectivity index (χ2n) is 9.76. The summed E-state index contributed by atoms with van der Waals surface area (Å²) in [5.74, 6) is -4.03. The molecule has 0 atom stereocenters. The average Bonchev–Trinajstić information content (AvgIpc) is 3.59. The maximum atomic E-state index is 13.5. The largest absolute Gasteiger partial charge is 0.416 e. The third kappa shape index (κ3) is 8.67. The number of aryl methyl sites for hydroxylation is 1. The van der Waals surface area contributed by atoms with Crippen LogP contribution in [-0.2, 0) is 36.5 Å². The molecule has 1 aliphatic rings. The predicted molar refractivity (Wildman–Crippen MR) is 141 cm³/mol. The van der Waals surface area contributed by atoms with Gasteiger partial charge in [-0.1, -0.05) is 5.21 Å². The van der Waals surface area contributed by atoms with Crippen molar-refractivity contribution in [3.8, 4) is 0 Å². The van der Waals surface area contributed by atoms with Crippen molar-refractivity contribution in [2.24, 2.45) is 0 Å². The number of likely N-dealkylation sites (N-methyl/N-ethyl adjacent to an activating group) is 1. The molecule has 0 aromatic carbocycles. The molecule has 0 spiro atoms. The van der Waals surface area contributed by atoms with Crippen LogP contribution in [0.15, 0.2) is 54.8 Å². The van der Waals surface area contributed by atoms with E-state index in [9.17, 15) is 31.5 Å². The SMILES string of the molecule is CN1NN(CCCCn2cc(C(=O)NCc3cc(C(C)(F)F)ccn3)nn2)C=C1C(=O)NCc1cc(C(F)(F)F)ccn1. The summed E-state index contributed by atoms with van der Waals surface area (Å²) in [6, 6.07) is 4.19. The van der Waals surface area contributed by atoms with Gasteiger partial charge in [0.25, 0.3) is 17.7 Å². The summed E-state index contributed by atoms with van der Waals surface area (Å²) in [5.41, 5.74) is 2.64. The van der Waals surface area contributed by atoms with Gasteiger partial charge in [-0.3, -0.25) is 34.3 Å². The number of carbonyl (C=O) groups is 2. The third-order valence-electron chi connectivity index (χ3n) is 6.29. The van der Waals surface area contributed by atoms with Gasteiger partial charge in [0.15, 0.2) is 5.69 Å². The highest BCUT2D eigenvalue weighted by Gasteiger charge is 2.31. The number of amides is 2. The first-order valence-corrected chi connectivity index (χ1v) is 13.1. The van der Waals surface area contributed by atoms with Gasteiger partial charge in [0.2, 0.25) is 0 Å². The summed E-state index contributed by atoms with van der Waals surface area (Å²) in [7, 11) is 1.63. The zero-order valence-corrected chi connectivity index (χ0v) is 23.2. The molecule has 43 heavy (non-hydrogen) atoms. The molecule has 4 rings (SSSR count). The first-order chi connectivity index (χ1) is 20.3. The molecule has 0 bridgehead atoms. The van der Waals surface area contributed by atoms with Gasteiger partial charge in [-0.05, 0) is 37.1 Å². The molecule has 2 amide bonds. The highest BCUT2D eigenvalue weighted by atomic mass is 19.4. The van der Waals surface area contributed by atoms with Gasteiger partial charge >= 0.3 is 6.18 Å². The Morgan fingerprint density at radius 1 is 0.907 bits per heavy atom. The lowest BCUT2D eigenvalue weighted by Gasteiger charge is -2.20. The monoisotopic (exact) mass is 608 g/mol. The van der Waals surface area contributed by atoms with Gasteiger partial charge < -0.3 is 10.6 Å². The van der Waals surface area contributed by atoms with Crippen LogP contribution >= 0.6 is 0 Å². The van der Waals surface area contributed by atoms with Crippen molar-refractivity contribution in [3.05, 3.63) is 83.0 Å². The molecule has 0 fully saturated rings. The van der Waals surface area contributed by atoms with E-state index in [1.54, 1.807) is 18.3 Å². The fourth-order valence-corrected chi connectivity index (χ4v) is 4.02. The standard InChI is InChI=1S/C26H29F5N10O2/c1-25(27,28)17-5-7-32-19(11-17)13-34-23(42)21-15-40(37-36-21)9-3-4-10-41-16-22(39(2)38-41)24(43)35-14-20-12-18(6-8-33-20)26(29,30)31/h5-8,11-12,15-16,38H,3-4,9-10,13-14H2,1-2H3,(H,34,42)(H,35,43). The number of carbonyl (C=O) groups excluding carboxylic acids is 2.